The van der Waals surface area contributed by atoms with Gasteiger partial charge in [-0.25, -0.2) is 0 Å². The molecule has 0 unspecified atom stereocenters. The van der Waals surface area contributed by atoms with Gasteiger partial charge in [-0.05, 0) is 85.8 Å². The number of likely N-dealkylation sites (tertiary alicyclic amines) is 1. The topological polar surface area (TPSA) is 29.5 Å². The lowest BCUT2D eigenvalue weighted by Crippen LogP contribution is -2.55. The van der Waals surface area contributed by atoms with Gasteiger partial charge in [-0.1, -0.05) is 60.7 Å². The van der Waals surface area contributed by atoms with Gasteiger partial charge < -0.3 is 4.74 Å². The van der Waals surface area contributed by atoms with Crippen molar-refractivity contribution in [2.75, 3.05) is 20.2 Å². The average molecular weight is 456 g/mol. The van der Waals surface area contributed by atoms with Crippen LogP contribution in [0.1, 0.15) is 58.8 Å². The molecule has 0 amide bonds. The highest BCUT2D eigenvalue weighted by atomic mass is 16.5. The largest absolute Gasteiger partial charge is 0.497 e. The highest BCUT2D eigenvalue weighted by molar-refractivity contribution is 5.95. The van der Waals surface area contributed by atoms with Gasteiger partial charge in [0.05, 0.1) is 7.11 Å². The normalized spacial score (nSPS) is 15.0. The van der Waals surface area contributed by atoms with E-state index in [-0.39, 0.29) is 5.78 Å². The quantitative estimate of drug-likeness (QED) is 0.303. The number of hydrogen-bond donors (Lipinski definition) is 0. The van der Waals surface area contributed by atoms with Crippen LogP contribution in [0.25, 0.3) is 0 Å². The van der Waals surface area contributed by atoms with E-state index in [0.717, 1.165) is 50.2 Å². The van der Waals surface area contributed by atoms with Crippen LogP contribution in [-0.4, -0.2) is 30.9 Å². The summed E-state index contributed by atoms with van der Waals surface area (Å²) in [5.41, 5.74) is 6.59. The zero-order valence-corrected chi connectivity index (χ0v) is 20.8. The Morgan fingerprint density at radius 1 is 0.882 bits per heavy atom. The lowest BCUT2D eigenvalue weighted by atomic mass is 9.71. The highest BCUT2D eigenvalue weighted by Gasteiger charge is 2.41. The van der Waals surface area contributed by atoms with Crippen LogP contribution in [0.15, 0.2) is 72.8 Å². The van der Waals surface area contributed by atoms with Crippen molar-refractivity contribution in [3.05, 3.63) is 101 Å². The molecule has 3 aromatic rings. The van der Waals surface area contributed by atoms with Gasteiger partial charge in [0, 0.05) is 25.2 Å². The van der Waals surface area contributed by atoms with Gasteiger partial charge in [0.25, 0.3) is 0 Å². The van der Waals surface area contributed by atoms with Crippen molar-refractivity contribution < 1.29 is 9.53 Å². The fourth-order valence-corrected chi connectivity index (χ4v) is 5.42. The minimum Gasteiger partial charge on any atom is -0.497 e. The summed E-state index contributed by atoms with van der Waals surface area (Å²) in [6, 6.07) is 25.3. The number of methoxy groups -OCH3 is 1. The first kappa shape index (κ1) is 24.2. The van der Waals surface area contributed by atoms with Crippen molar-refractivity contribution in [1.29, 1.82) is 0 Å². The van der Waals surface area contributed by atoms with Crippen LogP contribution < -0.4 is 4.74 Å². The summed E-state index contributed by atoms with van der Waals surface area (Å²) in [4.78, 5) is 14.6. The molecule has 1 fully saturated rings. The lowest BCUT2D eigenvalue weighted by Gasteiger charge is -2.51. The number of ketones is 1. The third-order valence-electron chi connectivity index (χ3n) is 7.43. The maximum Gasteiger partial charge on any atom is 0.160 e. The van der Waals surface area contributed by atoms with Crippen LogP contribution in [0.5, 0.6) is 5.75 Å². The minimum absolute atomic E-state index is 0.165. The molecule has 0 atom stereocenters. The minimum atomic E-state index is 0.165. The van der Waals surface area contributed by atoms with Crippen LogP contribution in [0.2, 0.25) is 0 Å². The highest BCUT2D eigenvalue weighted by Crippen LogP contribution is 2.41. The van der Waals surface area contributed by atoms with Crippen molar-refractivity contribution in [3.8, 4) is 5.75 Å². The fraction of sp³-hybridized carbons (Fsp3) is 0.387. The van der Waals surface area contributed by atoms with Crippen molar-refractivity contribution in [2.24, 2.45) is 5.41 Å². The molecular weight excluding hydrogens is 418 g/mol. The number of carbonyl (C=O) groups excluding carboxylic acids is 1. The molecule has 0 bridgehead atoms. The molecule has 3 nitrogen and oxygen atoms in total. The number of ether oxygens (including phenoxy) is 1. The zero-order valence-electron chi connectivity index (χ0n) is 20.8. The van der Waals surface area contributed by atoms with Gasteiger partial charge in [-0.3, -0.25) is 9.69 Å². The van der Waals surface area contributed by atoms with E-state index in [9.17, 15) is 4.79 Å². The molecule has 34 heavy (non-hydrogen) atoms. The van der Waals surface area contributed by atoms with Crippen LogP contribution >= 0.6 is 0 Å². The van der Waals surface area contributed by atoms with E-state index in [1.54, 1.807) is 14.0 Å². The predicted molar refractivity (Wildman–Crippen MR) is 140 cm³/mol. The van der Waals surface area contributed by atoms with Gasteiger partial charge >= 0.3 is 0 Å². The molecule has 1 aliphatic heterocycles. The van der Waals surface area contributed by atoms with E-state index in [0.29, 0.717) is 5.41 Å². The summed E-state index contributed by atoms with van der Waals surface area (Å²) >= 11 is 0. The monoisotopic (exact) mass is 455 g/mol. The van der Waals surface area contributed by atoms with Crippen molar-refractivity contribution in [3.63, 3.8) is 0 Å². The molecule has 0 radical (unpaired) electrons. The van der Waals surface area contributed by atoms with Gasteiger partial charge in [0.15, 0.2) is 5.78 Å². The summed E-state index contributed by atoms with van der Waals surface area (Å²) in [6.07, 6.45) is 5.56. The van der Waals surface area contributed by atoms with Crippen LogP contribution in [0, 0.1) is 12.3 Å². The number of aryl methyl sites for hydroxylation is 3. The third kappa shape index (κ3) is 5.95. The SMILES string of the molecule is COc1ccc(CCC2(CCCc3ccccc3C(C)=O)CN(Cc3ccccc3C)C2)cc1. The molecule has 1 heterocycles. The standard InChI is InChI=1S/C31H37NO2/c1-24-9-4-5-11-28(24)21-32-22-31(23-32,20-18-26-14-16-29(34-3)17-15-26)19-8-12-27-10-6-7-13-30(27)25(2)33/h4-7,9-11,13-17H,8,12,18-23H2,1-3H3. The van der Waals surface area contributed by atoms with Gasteiger partial charge in [0.2, 0.25) is 0 Å². The van der Waals surface area contributed by atoms with E-state index >= 15 is 0 Å². The molecule has 3 heteroatoms. The molecule has 178 valence electrons. The summed E-state index contributed by atoms with van der Waals surface area (Å²) in [5.74, 6) is 1.08. The molecule has 0 spiro atoms. The maximum absolute atomic E-state index is 12.0. The molecular formula is C31H37NO2. The van der Waals surface area contributed by atoms with E-state index in [2.05, 4.69) is 72.5 Å². The molecule has 0 aliphatic carbocycles. The molecule has 1 aliphatic rings. The maximum atomic E-state index is 12.0. The first-order valence-electron chi connectivity index (χ1n) is 12.5. The molecule has 0 aromatic heterocycles. The average Bonchev–Trinajstić information content (AvgIpc) is 2.83. The predicted octanol–water partition coefficient (Wildman–Crippen LogP) is 6.66. The smallest absolute Gasteiger partial charge is 0.160 e. The second-order valence-corrected chi connectivity index (χ2v) is 9.99. The number of benzene rings is 3. The van der Waals surface area contributed by atoms with E-state index in [1.165, 1.54) is 35.1 Å². The summed E-state index contributed by atoms with van der Waals surface area (Å²) in [5, 5.41) is 0. The lowest BCUT2D eigenvalue weighted by molar-refractivity contribution is -0.0205. The Kier molecular flexibility index (Phi) is 7.84. The summed E-state index contributed by atoms with van der Waals surface area (Å²) in [7, 11) is 1.71. The van der Waals surface area contributed by atoms with Crippen LogP contribution in [0.4, 0.5) is 0 Å². The van der Waals surface area contributed by atoms with Crippen molar-refractivity contribution in [2.45, 2.75) is 52.5 Å². The zero-order chi connectivity index (χ0) is 24.0. The second-order valence-electron chi connectivity index (χ2n) is 9.99. The van der Waals surface area contributed by atoms with Gasteiger partial charge in [-0.2, -0.15) is 0 Å². The molecule has 0 N–H and O–H groups in total. The number of rotatable bonds is 11. The van der Waals surface area contributed by atoms with E-state index in [1.807, 2.05) is 12.1 Å². The molecule has 0 saturated carbocycles. The first-order valence-corrected chi connectivity index (χ1v) is 12.5. The Labute approximate surface area is 204 Å². The fourth-order valence-electron chi connectivity index (χ4n) is 5.42. The summed E-state index contributed by atoms with van der Waals surface area (Å²) in [6.45, 7) is 7.20. The Hall–Kier alpha value is -2.91. The van der Waals surface area contributed by atoms with E-state index < -0.39 is 0 Å². The third-order valence-corrected chi connectivity index (χ3v) is 7.43. The van der Waals surface area contributed by atoms with E-state index in [4.69, 9.17) is 4.74 Å². The summed E-state index contributed by atoms with van der Waals surface area (Å²) < 4.78 is 5.32. The molecule has 3 aromatic carbocycles. The van der Waals surface area contributed by atoms with Crippen molar-refractivity contribution in [1.82, 2.24) is 4.90 Å². The van der Waals surface area contributed by atoms with Crippen LogP contribution in [0.3, 0.4) is 0 Å². The number of Topliss-reactive ketones (excluding diaryl/α,β-unsaturated/α-hetero) is 1. The molecule has 4 rings (SSSR count). The Morgan fingerprint density at radius 3 is 2.24 bits per heavy atom. The Bertz CT molecular complexity index is 1100. The van der Waals surface area contributed by atoms with Gasteiger partial charge in [-0.15, -0.1) is 0 Å². The first-order chi connectivity index (χ1) is 16.5. The molecule has 1 saturated heterocycles. The second kappa shape index (κ2) is 11.0. The van der Waals surface area contributed by atoms with Crippen LogP contribution in [-0.2, 0) is 19.4 Å². The van der Waals surface area contributed by atoms with Gasteiger partial charge in [0.1, 0.15) is 5.75 Å². The van der Waals surface area contributed by atoms with Crippen molar-refractivity contribution >= 4 is 5.78 Å². The number of nitrogens with zero attached hydrogens (tertiary/aromatic N) is 1. The Morgan fingerprint density at radius 2 is 1.56 bits per heavy atom. The number of hydrogen-bond acceptors (Lipinski definition) is 3. The Balaban J connectivity index is 1.40. The number of carbonyl (C=O) groups is 1.